The summed E-state index contributed by atoms with van der Waals surface area (Å²) in [5.74, 6) is 0.878. The van der Waals surface area contributed by atoms with E-state index in [9.17, 15) is 8.42 Å². The summed E-state index contributed by atoms with van der Waals surface area (Å²) in [6.07, 6.45) is 0.893. The predicted molar refractivity (Wildman–Crippen MR) is 85.3 cm³/mol. The van der Waals surface area contributed by atoms with Gasteiger partial charge in [0, 0.05) is 23.8 Å². The van der Waals surface area contributed by atoms with E-state index in [-0.39, 0.29) is 4.90 Å². The van der Waals surface area contributed by atoms with Gasteiger partial charge in [0.2, 0.25) is 10.0 Å². The van der Waals surface area contributed by atoms with Crippen LogP contribution in [-0.2, 0) is 10.0 Å². The van der Waals surface area contributed by atoms with Gasteiger partial charge in [-0.25, -0.2) is 8.42 Å². The maximum absolute atomic E-state index is 12.7. The van der Waals surface area contributed by atoms with Crippen molar-refractivity contribution in [2.45, 2.75) is 25.2 Å². The molecule has 0 amide bonds. The van der Waals surface area contributed by atoms with Crippen LogP contribution in [0.25, 0.3) is 0 Å². The Morgan fingerprint density at radius 3 is 2.65 bits per heavy atom. The van der Waals surface area contributed by atoms with Gasteiger partial charge in [-0.05, 0) is 46.3 Å². The number of halogens is 2. The Balaban J connectivity index is 2.37. The summed E-state index contributed by atoms with van der Waals surface area (Å²) < 4.78 is 27.3. The van der Waals surface area contributed by atoms with E-state index in [1.165, 1.54) is 16.4 Å². The molecule has 1 aliphatic rings. The molecule has 2 rings (SSSR count). The lowest BCUT2D eigenvalue weighted by Crippen LogP contribution is -2.30. The maximum Gasteiger partial charge on any atom is 0.244 e. The zero-order valence-corrected chi connectivity index (χ0v) is 14.6. The van der Waals surface area contributed by atoms with E-state index in [4.69, 9.17) is 17.3 Å². The van der Waals surface area contributed by atoms with Crippen LogP contribution < -0.4 is 5.73 Å². The van der Waals surface area contributed by atoms with Crippen molar-refractivity contribution in [1.29, 1.82) is 0 Å². The molecule has 0 spiro atoms. The molecule has 1 fully saturated rings. The van der Waals surface area contributed by atoms with Crippen molar-refractivity contribution >= 4 is 43.2 Å². The second kappa shape index (κ2) is 5.83. The second-order valence-corrected chi connectivity index (χ2v) is 8.60. The van der Waals surface area contributed by atoms with Crippen molar-refractivity contribution in [2.24, 2.45) is 11.8 Å². The maximum atomic E-state index is 12.7. The molecule has 2 N–H and O–H groups in total. The highest BCUT2D eigenvalue weighted by Crippen LogP contribution is 2.35. The Bertz CT molecular complexity index is 619. The van der Waals surface area contributed by atoms with Gasteiger partial charge in [0.1, 0.15) is 0 Å². The molecule has 0 aromatic heterocycles. The largest absolute Gasteiger partial charge is 0.398 e. The van der Waals surface area contributed by atoms with E-state index in [0.29, 0.717) is 40.1 Å². The van der Waals surface area contributed by atoms with Gasteiger partial charge in [-0.15, -0.1) is 0 Å². The van der Waals surface area contributed by atoms with Gasteiger partial charge in [-0.2, -0.15) is 4.31 Å². The second-order valence-electron chi connectivity index (χ2n) is 5.46. The quantitative estimate of drug-likeness (QED) is 0.817. The Hall–Kier alpha value is -0.300. The van der Waals surface area contributed by atoms with Crippen molar-refractivity contribution in [3.8, 4) is 0 Å². The van der Waals surface area contributed by atoms with Crippen LogP contribution in [0, 0.1) is 11.8 Å². The molecular weight excluding hydrogens is 364 g/mol. The third-order valence-electron chi connectivity index (χ3n) is 3.78. The molecule has 4 nitrogen and oxygen atoms in total. The molecule has 112 valence electrons. The minimum atomic E-state index is -3.56. The van der Waals surface area contributed by atoms with Crippen molar-refractivity contribution < 1.29 is 8.42 Å². The van der Waals surface area contributed by atoms with E-state index in [2.05, 4.69) is 29.8 Å². The smallest absolute Gasteiger partial charge is 0.244 e. The zero-order valence-electron chi connectivity index (χ0n) is 11.4. The van der Waals surface area contributed by atoms with Gasteiger partial charge in [0.25, 0.3) is 0 Å². The summed E-state index contributed by atoms with van der Waals surface area (Å²) in [6, 6.07) is 2.98. The lowest BCUT2D eigenvalue weighted by Gasteiger charge is -2.19. The highest BCUT2D eigenvalue weighted by molar-refractivity contribution is 9.10. The highest BCUT2D eigenvalue weighted by Gasteiger charge is 2.35. The van der Waals surface area contributed by atoms with Crippen molar-refractivity contribution in [3.05, 3.63) is 21.6 Å². The lowest BCUT2D eigenvalue weighted by molar-refractivity contribution is 0.388. The summed E-state index contributed by atoms with van der Waals surface area (Å²) >= 11 is 9.18. The third-order valence-corrected chi connectivity index (χ3v) is 7.04. The number of nitrogens with two attached hydrogens (primary N) is 1. The van der Waals surface area contributed by atoms with Crippen molar-refractivity contribution in [1.82, 2.24) is 4.31 Å². The molecule has 1 aromatic carbocycles. The average molecular weight is 382 g/mol. The molecule has 0 radical (unpaired) electrons. The summed E-state index contributed by atoms with van der Waals surface area (Å²) in [4.78, 5) is 0.145. The SMILES string of the molecule is CC(C)C1CCN(S(=O)(=O)c2cc(Cl)cc(N)c2Br)C1. The highest BCUT2D eigenvalue weighted by atomic mass is 79.9. The number of hydrogen-bond donors (Lipinski definition) is 1. The van der Waals surface area contributed by atoms with Gasteiger partial charge in [-0.3, -0.25) is 0 Å². The fourth-order valence-corrected chi connectivity index (χ4v) is 5.19. The zero-order chi connectivity index (χ0) is 15.1. The standard InChI is InChI=1S/C13H18BrClN2O2S/c1-8(2)9-3-4-17(7-9)20(18,19)12-6-10(15)5-11(16)13(12)14/h5-6,8-9H,3-4,7,16H2,1-2H3. The Labute approximate surface area is 133 Å². The van der Waals surface area contributed by atoms with Crippen LogP contribution in [0.1, 0.15) is 20.3 Å². The molecule has 1 atom stereocenters. The summed E-state index contributed by atoms with van der Waals surface area (Å²) in [6.45, 7) is 5.34. The number of nitrogen functional groups attached to an aromatic ring is 1. The van der Waals surface area contributed by atoms with Crippen LogP contribution in [-0.4, -0.2) is 25.8 Å². The molecule has 0 saturated carbocycles. The molecule has 1 aromatic rings. The van der Waals surface area contributed by atoms with Crippen molar-refractivity contribution in [3.63, 3.8) is 0 Å². The summed E-state index contributed by atoms with van der Waals surface area (Å²) in [5.41, 5.74) is 6.11. The molecule has 0 aliphatic carbocycles. The van der Waals surface area contributed by atoms with E-state index in [0.717, 1.165) is 6.42 Å². The molecule has 1 heterocycles. The van der Waals surface area contributed by atoms with Crippen LogP contribution in [0.15, 0.2) is 21.5 Å². The van der Waals surface area contributed by atoms with E-state index >= 15 is 0 Å². The molecule has 0 bridgehead atoms. The topological polar surface area (TPSA) is 63.4 Å². The minimum Gasteiger partial charge on any atom is -0.398 e. The first kappa shape index (κ1) is 16.1. The molecule has 1 saturated heterocycles. The number of sulfonamides is 1. The summed E-state index contributed by atoms with van der Waals surface area (Å²) in [5, 5.41) is 0.323. The number of hydrogen-bond acceptors (Lipinski definition) is 3. The van der Waals surface area contributed by atoms with E-state index in [1.807, 2.05) is 0 Å². The first-order valence-corrected chi connectivity index (χ1v) is 9.09. The van der Waals surface area contributed by atoms with Crippen LogP contribution >= 0.6 is 27.5 Å². The molecule has 7 heteroatoms. The monoisotopic (exact) mass is 380 g/mol. The Morgan fingerprint density at radius 2 is 2.10 bits per heavy atom. The van der Waals surface area contributed by atoms with Crippen LogP contribution in [0.3, 0.4) is 0 Å². The van der Waals surface area contributed by atoms with Gasteiger partial charge < -0.3 is 5.73 Å². The van der Waals surface area contributed by atoms with Crippen LogP contribution in [0.4, 0.5) is 5.69 Å². The predicted octanol–water partition coefficient (Wildman–Crippen LogP) is 3.35. The van der Waals surface area contributed by atoms with E-state index in [1.54, 1.807) is 0 Å². The summed E-state index contributed by atoms with van der Waals surface area (Å²) in [7, 11) is -3.56. The number of rotatable bonds is 3. The first-order chi connectivity index (χ1) is 9.23. The molecule has 1 aliphatic heterocycles. The Morgan fingerprint density at radius 1 is 1.45 bits per heavy atom. The van der Waals surface area contributed by atoms with Gasteiger partial charge in [0.05, 0.1) is 9.37 Å². The normalized spacial score (nSPS) is 20.8. The van der Waals surface area contributed by atoms with E-state index < -0.39 is 10.0 Å². The lowest BCUT2D eigenvalue weighted by atomic mass is 9.96. The Kier molecular flexibility index (Phi) is 4.69. The minimum absolute atomic E-state index is 0.145. The fraction of sp³-hybridized carbons (Fsp3) is 0.538. The van der Waals surface area contributed by atoms with Gasteiger partial charge in [0.15, 0.2) is 0 Å². The molecular formula is C13H18BrClN2O2S. The molecule has 1 unspecified atom stereocenters. The molecule has 20 heavy (non-hydrogen) atoms. The fourth-order valence-electron chi connectivity index (χ4n) is 2.43. The van der Waals surface area contributed by atoms with Gasteiger partial charge in [-0.1, -0.05) is 25.4 Å². The van der Waals surface area contributed by atoms with Crippen molar-refractivity contribution in [2.75, 3.05) is 18.8 Å². The van der Waals surface area contributed by atoms with Crippen LogP contribution in [0.2, 0.25) is 5.02 Å². The average Bonchev–Trinajstić information content (AvgIpc) is 2.83. The number of anilines is 1. The number of nitrogens with zero attached hydrogens (tertiary/aromatic N) is 1. The van der Waals surface area contributed by atoms with Crippen LogP contribution in [0.5, 0.6) is 0 Å². The third kappa shape index (κ3) is 2.98. The first-order valence-electron chi connectivity index (χ1n) is 6.48. The number of benzene rings is 1. The van der Waals surface area contributed by atoms with Gasteiger partial charge >= 0.3 is 0 Å².